The summed E-state index contributed by atoms with van der Waals surface area (Å²) in [7, 11) is 1.95. The Morgan fingerprint density at radius 1 is 1.11 bits per heavy atom. The number of aryl methyl sites for hydroxylation is 2. The van der Waals surface area contributed by atoms with Crippen molar-refractivity contribution in [2.24, 2.45) is 12.0 Å². The van der Waals surface area contributed by atoms with E-state index >= 15 is 0 Å². The van der Waals surface area contributed by atoms with Crippen LogP contribution < -0.4 is 0 Å². The van der Waals surface area contributed by atoms with Crippen LogP contribution in [-0.2, 0) is 23.0 Å². The molecule has 38 heavy (non-hydrogen) atoms. The van der Waals surface area contributed by atoms with Crippen LogP contribution in [0.4, 0.5) is 5.69 Å². The van der Waals surface area contributed by atoms with E-state index in [1.807, 2.05) is 72.4 Å². The van der Waals surface area contributed by atoms with Crippen LogP contribution in [-0.4, -0.2) is 37.9 Å². The second-order valence-corrected chi connectivity index (χ2v) is 9.35. The molecule has 0 amide bonds. The summed E-state index contributed by atoms with van der Waals surface area (Å²) in [5.41, 5.74) is 5.45. The minimum absolute atomic E-state index is 0.0111. The number of carbonyl (C=O) groups is 1. The predicted octanol–water partition coefficient (Wildman–Crippen LogP) is 6.59. The van der Waals surface area contributed by atoms with E-state index in [9.17, 15) is 9.90 Å². The molecule has 0 saturated heterocycles. The quantitative estimate of drug-likeness (QED) is 0.176. The fourth-order valence-corrected chi connectivity index (χ4v) is 4.60. The van der Waals surface area contributed by atoms with E-state index in [2.05, 4.69) is 9.97 Å². The summed E-state index contributed by atoms with van der Waals surface area (Å²) in [6.07, 6.45) is 4.57. The number of carbonyl (C=O) groups excluding carboxylic acids is 1. The third-order valence-corrected chi connectivity index (χ3v) is 6.55. The molecule has 0 fully saturated rings. The zero-order valence-electron chi connectivity index (χ0n) is 21.1. The SMILES string of the molecule is CCOC(=O)CCc1ccc(C(=Nc2ccc(-c3nccn3C)cc2)c2c(O)[nH]c3cc(Cl)ccc23)cc1. The number of rotatable bonds is 8. The van der Waals surface area contributed by atoms with Gasteiger partial charge < -0.3 is 19.4 Å². The van der Waals surface area contributed by atoms with Crippen LogP contribution in [0.15, 0.2) is 84.1 Å². The lowest BCUT2D eigenvalue weighted by molar-refractivity contribution is -0.143. The Kier molecular flexibility index (Phi) is 7.29. The van der Waals surface area contributed by atoms with Gasteiger partial charge in [0.1, 0.15) is 5.82 Å². The van der Waals surface area contributed by atoms with E-state index in [1.54, 1.807) is 25.3 Å². The Hall–Kier alpha value is -4.36. The summed E-state index contributed by atoms with van der Waals surface area (Å²) >= 11 is 6.19. The average molecular weight is 527 g/mol. The topological polar surface area (TPSA) is 92.5 Å². The van der Waals surface area contributed by atoms with Gasteiger partial charge in [0.25, 0.3) is 0 Å². The van der Waals surface area contributed by atoms with Crippen molar-refractivity contribution in [3.05, 3.63) is 101 Å². The summed E-state index contributed by atoms with van der Waals surface area (Å²) in [4.78, 5) is 24.2. The molecule has 2 aromatic heterocycles. The minimum atomic E-state index is -0.213. The number of benzene rings is 3. The smallest absolute Gasteiger partial charge is 0.306 e. The molecule has 0 aliphatic rings. The fourth-order valence-electron chi connectivity index (χ4n) is 4.43. The van der Waals surface area contributed by atoms with E-state index in [0.29, 0.717) is 41.3 Å². The first-order valence-corrected chi connectivity index (χ1v) is 12.7. The van der Waals surface area contributed by atoms with E-state index in [-0.39, 0.29) is 11.8 Å². The van der Waals surface area contributed by atoms with Crippen LogP contribution >= 0.6 is 11.6 Å². The first kappa shape index (κ1) is 25.3. The number of nitrogens with zero attached hydrogens (tertiary/aromatic N) is 3. The highest BCUT2D eigenvalue weighted by atomic mass is 35.5. The Morgan fingerprint density at radius 3 is 2.55 bits per heavy atom. The summed E-state index contributed by atoms with van der Waals surface area (Å²) in [6, 6.07) is 21.1. The molecule has 0 unspecified atom stereocenters. The van der Waals surface area contributed by atoms with Crippen LogP contribution in [0.2, 0.25) is 5.02 Å². The van der Waals surface area contributed by atoms with Crippen molar-refractivity contribution in [2.45, 2.75) is 19.8 Å². The van der Waals surface area contributed by atoms with E-state index in [1.165, 1.54) is 0 Å². The molecular formula is C30H27ClN4O3. The highest BCUT2D eigenvalue weighted by molar-refractivity contribution is 6.31. The predicted molar refractivity (Wildman–Crippen MR) is 150 cm³/mol. The number of aromatic hydroxyl groups is 1. The van der Waals surface area contributed by atoms with Gasteiger partial charge in [0.2, 0.25) is 0 Å². The first-order chi connectivity index (χ1) is 18.4. The molecule has 0 spiro atoms. The number of H-pyrrole nitrogens is 1. The van der Waals surface area contributed by atoms with Gasteiger partial charge in [-0.2, -0.15) is 0 Å². The number of imidazole rings is 1. The van der Waals surface area contributed by atoms with E-state index in [0.717, 1.165) is 33.6 Å². The number of ether oxygens (including phenoxy) is 1. The normalized spacial score (nSPS) is 11.7. The Labute approximate surface area is 225 Å². The van der Waals surface area contributed by atoms with Gasteiger partial charge in [-0.25, -0.2) is 9.98 Å². The number of aliphatic imine (C=N–C) groups is 1. The lowest BCUT2D eigenvalue weighted by Crippen LogP contribution is -2.06. The Balaban J connectivity index is 1.54. The van der Waals surface area contributed by atoms with Gasteiger partial charge in [-0.3, -0.25) is 4.79 Å². The summed E-state index contributed by atoms with van der Waals surface area (Å²) in [5.74, 6) is 0.664. The first-order valence-electron chi connectivity index (χ1n) is 12.3. The number of fused-ring (bicyclic) bond motifs is 1. The number of hydrogen-bond donors (Lipinski definition) is 2. The molecule has 0 aliphatic carbocycles. The van der Waals surface area contributed by atoms with Gasteiger partial charge in [-0.05, 0) is 55.3 Å². The van der Waals surface area contributed by atoms with Gasteiger partial charge in [0.15, 0.2) is 5.88 Å². The number of aromatic amines is 1. The number of esters is 1. The van der Waals surface area contributed by atoms with Gasteiger partial charge in [0, 0.05) is 47.4 Å². The largest absolute Gasteiger partial charge is 0.494 e. The summed E-state index contributed by atoms with van der Waals surface area (Å²) < 4.78 is 7.00. The molecule has 2 heterocycles. The third-order valence-electron chi connectivity index (χ3n) is 6.32. The van der Waals surface area contributed by atoms with E-state index in [4.69, 9.17) is 21.3 Å². The zero-order chi connectivity index (χ0) is 26.6. The zero-order valence-corrected chi connectivity index (χ0v) is 21.9. The molecule has 2 N–H and O–H groups in total. The highest BCUT2D eigenvalue weighted by Crippen LogP contribution is 2.33. The molecular weight excluding hydrogens is 500 g/mol. The van der Waals surface area contributed by atoms with Crippen LogP contribution in [0.1, 0.15) is 30.0 Å². The molecule has 3 aromatic carbocycles. The van der Waals surface area contributed by atoms with Gasteiger partial charge in [0.05, 0.1) is 29.1 Å². The second kappa shape index (κ2) is 10.9. The number of nitrogens with one attached hydrogen (secondary N) is 1. The molecule has 0 atom stereocenters. The molecule has 5 rings (SSSR count). The molecule has 0 bridgehead atoms. The lowest BCUT2D eigenvalue weighted by atomic mass is 9.98. The van der Waals surface area contributed by atoms with Gasteiger partial charge in [-0.15, -0.1) is 0 Å². The van der Waals surface area contributed by atoms with Crippen molar-refractivity contribution in [1.29, 1.82) is 0 Å². The van der Waals surface area contributed by atoms with Crippen LogP contribution in [0.3, 0.4) is 0 Å². The van der Waals surface area contributed by atoms with Crippen molar-refractivity contribution in [3.8, 4) is 17.3 Å². The third kappa shape index (κ3) is 5.33. The summed E-state index contributed by atoms with van der Waals surface area (Å²) in [5, 5.41) is 12.3. The minimum Gasteiger partial charge on any atom is -0.494 e. The Morgan fingerprint density at radius 2 is 1.87 bits per heavy atom. The standard InChI is InChI=1S/C30H27ClN4O3/c1-3-38-26(36)15-6-19-4-7-20(8-5-19)28(27-24-14-11-22(31)18-25(24)34-30(27)37)33-23-12-9-21(10-13-23)29-32-16-17-35(29)2/h4-5,7-14,16-18,34,37H,3,6,15H2,1-2H3. The second-order valence-electron chi connectivity index (χ2n) is 8.91. The number of hydrogen-bond acceptors (Lipinski definition) is 5. The highest BCUT2D eigenvalue weighted by Gasteiger charge is 2.19. The molecule has 192 valence electrons. The van der Waals surface area contributed by atoms with Crippen LogP contribution in [0, 0.1) is 0 Å². The molecule has 8 heteroatoms. The molecule has 7 nitrogen and oxygen atoms in total. The molecule has 0 saturated carbocycles. The van der Waals surface area contributed by atoms with Gasteiger partial charge in [-0.1, -0.05) is 41.9 Å². The van der Waals surface area contributed by atoms with Crippen molar-refractivity contribution >= 4 is 39.9 Å². The average Bonchev–Trinajstić information content (AvgIpc) is 3.48. The van der Waals surface area contributed by atoms with Crippen molar-refractivity contribution < 1.29 is 14.6 Å². The Bertz CT molecular complexity index is 1620. The van der Waals surface area contributed by atoms with Crippen molar-refractivity contribution in [2.75, 3.05) is 6.61 Å². The maximum absolute atomic E-state index is 11.8. The molecule has 0 aliphatic heterocycles. The monoisotopic (exact) mass is 526 g/mol. The molecule has 5 aromatic rings. The van der Waals surface area contributed by atoms with E-state index < -0.39 is 0 Å². The van der Waals surface area contributed by atoms with Crippen molar-refractivity contribution in [1.82, 2.24) is 14.5 Å². The molecule has 0 radical (unpaired) electrons. The summed E-state index contributed by atoms with van der Waals surface area (Å²) in [6.45, 7) is 2.17. The lowest BCUT2D eigenvalue weighted by Gasteiger charge is -2.10. The van der Waals surface area contributed by atoms with Crippen molar-refractivity contribution in [3.63, 3.8) is 0 Å². The van der Waals surface area contributed by atoms with Gasteiger partial charge >= 0.3 is 5.97 Å². The maximum Gasteiger partial charge on any atom is 0.306 e. The maximum atomic E-state index is 11.8. The fraction of sp³-hybridized carbons (Fsp3) is 0.167. The van der Waals surface area contributed by atoms with Crippen LogP contribution in [0.5, 0.6) is 5.88 Å². The number of halogens is 1. The van der Waals surface area contributed by atoms with Crippen LogP contribution in [0.25, 0.3) is 22.3 Å². The number of aromatic nitrogens is 3.